The van der Waals surface area contributed by atoms with Crippen molar-refractivity contribution in [1.82, 2.24) is 9.88 Å². The molecule has 1 aromatic heterocycles. The Balaban J connectivity index is 2.04. The second-order valence-corrected chi connectivity index (χ2v) is 5.48. The zero-order chi connectivity index (χ0) is 12.3. The molecule has 0 radical (unpaired) electrons. The van der Waals surface area contributed by atoms with Crippen LogP contribution in [0.3, 0.4) is 0 Å². The van der Waals surface area contributed by atoms with Gasteiger partial charge in [0.25, 0.3) is 0 Å². The van der Waals surface area contributed by atoms with Gasteiger partial charge in [-0.05, 0) is 19.8 Å². The van der Waals surface area contributed by atoms with Gasteiger partial charge in [0.1, 0.15) is 5.01 Å². The molecule has 2 heterocycles. The summed E-state index contributed by atoms with van der Waals surface area (Å²) in [5, 5.41) is 3.21. The Kier molecular flexibility index (Phi) is 4.50. The summed E-state index contributed by atoms with van der Waals surface area (Å²) in [6.45, 7) is 3.95. The molecule has 1 aliphatic rings. The molecule has 1 aromatic rings. The molecule has 4 nitrogen and oxygen atoms in total. The van der Waals surface area contributed by atoms with Crippen molar-refractivity contribution in [1.29, 1.82) is 0 Å². The molecule has 0 bridgehead atoms. The van der Waals surface area contributed by atoms with Gasteiger partial charge in [-0.1, -0.05) is 0 Å². The van der Waals surface area contributed by atoms with Crippen molar-refractivity contribution in [2.45, 2.75) is 38.0 Å². The SMILES string of the molecule is COC1CCN(C(C)c2nccs2)C(CN)C1. The topological polar surface area (TPSA) is 51.4 Å². The molecule has 96 valence electrons. The van der Waals surface area contributed by atoms with Crippen molar-refractivity contribution >= 4 is 11.3 Å². The monoisotopic (exact) mass is 255 g/mol. The quantitative estimate of drug-likeness (QED) is 0.888. The molecule has 0 spiro atoms. The van der Waals surface area contributed by atoms with Crippen LogP contribution in [-0.4, -0.2) is 42.2 Å². The van der Waals surface area contributed by atoms with E-state index in [1.165, 1.54) is 5.01 Å². The fraction of sp³-hybridized carbons (Fsp3) is 0.750. The van der Waals surface area contributed by atoms with Crippen LogP contribution in [0.25, 0.3) is 0 Å². The van der Waals surface area contributed by atoms with Crippen LogP contribution < -0.4 is 5.73 Å². The molecule has 0 saturated carbocycles. The molecule has 3 unspecified atom stereocenters. The lowest BCUT2D eigenvalue weighted by atomic mass is 9.97. The van der Waals surface area contributed by atoms with E-state index in [0.717, 1.165) is 19.4 Å². The van der Waals surface area contributed by atoms with Crippen molar-refractivity contribution in [3.8, 4) is 0 Å². The van der Waals surface area contributed by atoms with E-state index in [2.05, 4.69) is 16.8 Å². The summed E-state index contributed by atoms with van der Waals surface area (Å²) in [6.07, 6.45) is 4.35. The summed E-state index contributed by atoms with van der Waals surface area (Å²) >= 11 is 1.72. The van der Waals surface area contributed by atoms with E-state index in [0.29, 0.717) is 24.7 Å². The maximum absolute atomic E-state index is 5.89. The fourth-order valence-corrected chi connectivity index (χ4v) is 3.29. The third-order valence-electron chi connectivity index (χ3n) is 3.62. The van der Waals surface area contributed by atoms with Crippen LogP contribution in [0.1, 0.15) is 30.8 Å². The first kappa shape index (κ1) is 13.0. The van der Waals surface area contributed by atoms with E-state index in [4.69, 9.17) is 10.5 Å². The summed E-state index contributed by atoms with van der Waals surface area (Å²) < 4.78 is 5.45. The number of ether oxygens (including phenoxy) is 1. The van der Waals surface area contributed by atoms with Crippen molar-refractivity contribution in [2.24, 2.45) is 5.73 Å². The second-order valence-electron chi connectivity index (χ2n) is 4.56. The van der Waals surface area contributed by atoms with Gasteiger partial charge in [0, 0.05) is 37.8 Å². The average molecular weight is 255 g/mol. The number of likely N-dealkylation sites (tertiary alicyclic amines) is 1. The van der Waals surface area contributed by atoms with E-state index in [9.17, 15) is 0 Å². The highest BCUT2D eigenvalue weighted by Crippen LogP contribution is 2.29. The van der Waals surface area contributed by atoms with Crippen molar-refractivity contribution in [2.75, 3.05) is 20.2 Å². The Hall–Kier alpha value is -0.490. The van der Waals surface area contributed by atoms with Crippen LogP contribution in [0.15, 0.2) is 11.6 Å². The van der Waals surface area contributed by atoms with Gasteiger partial charge in [0.15, 0.2) is 0 Å². The van der Waals surface area contributed by atoms with Gasteiger partial charge < -0.3 is 10.5 Å². The van der Waals surface area contributed by atoms with Crippen LogP contribution in [0.4, 0.5) is 0 Å². The lowest BCUT2D eigenvalue weighted by molar-refractivity contribution is -0.00166. The highest BCUT2D eigenvalue weighted by Gasteiger charge is 2.31. The average Bonchev–Trinajstić information content (AvgIpc) is 2.91. The van der Waals surface area contributed by atoms with Crippen LogP contribution in [0.5, 0.6) is 0 Å². The molecule has 1 fully saturated rings. The summed E-state index contributed by atoms with van der Waals surface area (Å²) in [7, 11) is 1.79. The molecule has 2 N–H and O–H groups in total. The van der Waals surface area contributed by atoms with Gasteiger partial charge in [-0.15, -0.1) is 11.3 Å². The number of hydrogen-bond acceptors (Lipinski definition) is 5. The smallest absolute Gasteiger partial charge is 0.109 e. The number of nitrogens with two attached hydrogens (primary N) is 1. The third kappa shape index (κ3) is 2.85. The molecule has 17 heavy (non-hydrogen) atoms. The lowest BCUT2D eigenvalue weighted by Gasteiger charge is -2.41. The van der Waals surface area contributed by atoms with Gasteiger partial charge in [-0.3, -0.25) is 4.90 Å². The molecular weight excluding hydrogens is 234 g/mol. The minimum atomic E-state index is 0.362. The largest absolute Gasteiger partial charge is 0.381 e. The molecular formula is C12H21N3OS. The summed E-state index contributed by atoms with van der Waals surface area (Å²) in [4.78, 5) is 6.87. The lowest BCUT2D eigenvalue weighted by Crippen LogP contribution is -2.49. The Bertz CT molecular complexity index is 331. The molecule has 0 aromatic carbocycles. The predicted octanol–water partition coefficient (Wildman–Crippen LogP) is 1.64. The normalized spacial score (nSPS) is 28.2. The number of hydrogen-bond donors (Lipinski definition) is 1. The van der Waals surface area contributed by atoms with Gasteiger partial charge in [-0.2, -0.15) is 0 Å². The molecule has 5 heteroatoms. The standard InChI is InChI=1S/C12H21N3OS/c1-9(12-14-4-6-17-12)15-5-3-11(16-2)7-10(15)8-13/h4,6,9-11H,3,5,7-8,13H2,1-2H3. The first-order valence-corrected chi connectivity index (χ1v) is 7.02. The van der Waals surface area contributed by atoms with Crippen molar-refractivity contribution in [3.63, 3.8) is 0 Å². The van der Waals surface area contributed by atoms with E-state index in [1.54, 1.807) is 18.4 Å². The van der Waals surface area contributed by atoms with E-state index >= 15 is 0 Å². The van der Waals surface area contributed by atoms with Gasteiger partial charge in [0.05, 0.1) is 12.1 Å². The molecule has 3 atom stereocenters. The third-order valence-corrected chi connectivity index (χ3v) is 4.57. The first-order valence-electron chi connectivity index (χ1n) is 6.14. The number of piperidine rings is 1. The second kappa shape index (κ2) is 5.91. The number of rotatable bonds is 4. The maximum Gasteiger partial charge on any atom is 0.109 e. The first-order chi connectivity index (χ1) is 8.26. The highest BCUT2D eigenvalue weighted by molar-refractivity contribution is 7.09. The summed E-state index contributed by atoms with van der Waals surface area (Å²) in [5.41, 5.74) is 5.89. The molecule has 2 rings (SSSR count). The molecule has 1 aliphatic heterocycles. The van der Waals surface area contributed by atoms with Gasteiger partial charge in [-0.25, -0.2) is 4.98 Å². The Morgan fingerprint density at radius 2 is 2.53 bits per heavy atom. The Morgan fingerprint density at radius 1 is 1.71 bits per heavy atom. The van der Waals surface area contributed by atoms with Crippen LogP contribution in [0.2, 0.25) is 0 Å². The van der Waals surface area contributed by atoms with Gasteiger partial charge >= 0.3 is 0 Å². The fourth-order valence-electron chi connectivity index (χ4n) is 2.57. The van der Waals surface area contributed by atoms with Crippen LogP contribution in [0, 0.1) is 0 Å². The van der Waals surface area contributed by atoms with E-state index in [1.807, 2.05) is 11.6 Å². The Labute approximate surface area is 107 Å². The zero-order valence-corrected chi connectivity index (χ0v) is 11.3. The van der Waals surface area contributed by atoms with Crippen molar-refractivity contribution < 1.29 is 4.74 Å². The van der Waals surface area contributed by atoms with Crippen LogP contribution in [-0.2, 0) is 4.74 Å². The number of aromatic nitrogens is 1. The number of thiazole rings is 1. The van der Waals surface area contributed by atoms with Crippen molar-refractivity contribution in [3.05, 3.63) is 16.6 Å². The number of methoxy groups -OCH3 is 1. The molecule has 0 aliphatic carbocycles. The molecule has 0 amide bonds. The zero-order valence-electron chi connectivity index (χ0n) is 10.5. The number of nitrogens with zero attached hydrogens (tertiary/aromatic N) is 2. The summed E-state index contributed by atoms with van der Waals surface area (Å²) in [5.74, 6) is 0. The minimum absolute atomic E-state index is 0.362. The Morgan fingerprint density at radius 3 is 3.12 bits per heavy atom. The van der Waals surface area contributed by atoms with E-state index in [-0.39, 0.29) is 0 Å². The minimum Gasteiger partial charge on any atom is -0.381 e. The summed E-state index contributed by atoms with van der Waals surface area (Å²) in [6, 6.07) is 0.772. The van der Waals surface area contributed by atoms with Crippen LogP contribution >= 0.6 is 11.3 Å². The molecule has 1 saturated heterocycles. The maximum atomic E-state index is 5.89. The van der Waals surface area contributed by atoms with Gasteiger partial charge in [0.2, 0.25) is 0 Å². The van der Waals surface area contributed by atoms with E-state index < -0.39 is 0 Å². The predicted molar refractivity (Wildman–Crippen MR) is 70.1 cm³/mol. The highest BCUT2D eigenvalue weighted by atomic mass is 32.1.